The van der Waals surface area contributed by atoms with Crippen LogP contribution in [0.4, 0.5) is 5.69 Å². The highest BCUT2D eigenvalue weighted by Crippen LogP contribution is 2.71. The Morgan fingerprint density at radius 2 is 1.60 bits per heavy atom. The van der Waals surface area contributed by atoms with Gasteiger partial charge in [-0.1, -0.05) is 77.8 Å². The smallest absolute Gasteiger partial charge is 0.460 e. The number of esters is 1. The van der Waals surface area contributed by atoms with E-state index >= 15 is 4.79 Å². The van der Waals surface area contributed by atoms with Crippen molar-refractivity contribution in [3.8, 4) is 0 Å². The number of Topliss-reactive ketones (excluding diaryl/α,β-unsaturated/α-hetero) is 1. The molecule has 4 fully saturated rings. The summed E-state index contributed by atoms with van der Waals surface area (Å²) >= 11 is 3.04. The summed E-state index contributed by atoms with van der Waals surface area (Å²) in [6, 6.07) is 13.7. The number of alkyl halides is 1. The van der Waals surface area contributed by atoms with Gasteiger partial charge in [-0.2, -0.15) is 0 Å². The predicted molar refractivity (Wildman–Crippen MR) is 283 cm³/mol. The van der Waals surface area contributed by atoms with Crippen LogP contribution in [0.5, 0.6) is 0 Å². The lowest BCUT2D eigenvalue weighted by Gasteiger charge is -2.59. The Morgan fingerprint density at radius 3 is 2.24 bits per heavy atom. The maximum absolute atomic E-state index is 15.3. The fourth-order valence-corrected chi connectivity index (χ4v) is 14.1. The first-order valence-electron chi connectivity index (χ1n) is 25.8. The van der Waals surface area contributed by atoms with Gasteiger partial charge in [-0.15, -0.1) is 0 Å². The molecule has 10 atom stereocenters. The Bertz CT molecular complexity index is 2620. The summed E-state index contributed by atoms with van der Waals surface area (Å²) in [6.07, 6.45) is 4.93. The van der Waals surface area contributed by atoms with Crippen molar-refractivity contribution in [2.75, 3.05) is 23.8 Å². The maximum atomic E-state index is 15.3. The standard InChI is InChI=1S/C56H75BrN3O14P/c1-51(2,3)71-47(66)22-21-41(60-46(65)31-58-45(64)30-57)49(67)59-37-14-12-13-34(26-37)25-33-15-17-35(18-16-33)50-70-44-28-40-39-20-19-36-27-38(61)23-24-54(36,10)48(39)42(62)29-55(40,11)56(44,72-50)43(63)32-69-75(68,73-52(4,5)6)74-53(7,8)9/h12-18,23-24,26-27,39-42,44,48,50,62H,19-22,25,28-32H2,1-11H3,(H,58,64)(H,59,67)(H,60,65)/t39-,40-,41-,42?,44+,48+,50+,54-,55-,56+/m0/s1. The van der Waals surface area contributed by atoms with E-state index in [1.165, 1.54) is 0 Å². The van der Waals surface area contributed by atoms with E-state index in [1.807, 2.05) is 49.4 Å². The van der Waals surface area contributed by atoms with Crippen molar-refractivity contribution in [3.05, 3.63) is 89.0 Å². The lowest BCUT2D eigenvalue weighted by Crippen LogP contribution is -2.63. The largest absolute Gasteiger partial charge is 0.476 e. The number of phosphoric ester groups is 1. The monoisotopic (exact) mass is 1120 g/mol. The number of hydrogen-bond donors (Lipinski definition) is 4. The van der Waals surface area contributed by atoms with E-state index in [4.69, 9.17) is 27.8 Å². The number of amides is 3. The average molecular weight is 1130 g/mol. The van der Waals surface area contributed by atoms with Crippen LogP contribution < -0.4 is 16.0 Å². The van der Waals surface area contributed by atoms with Crippen LogP contribution in [0.25, 0.3) is 0 Å². The third-order valence-electron chi connectivity index (χ3n) is 14.9. The minimum Gasteiger partial charge on any atom is -0.460 e. The Hall–Kier alpha value is -4.39. The van der Waals surface area contributed by atoms with Gasteiger partial charge in [0.25, 0.3) is 0 Å². The number of rotatable bonds is 18. The quantitative estimate of drug-likeness (QED) is 0.0622. The normalized spacial score (nSPS) is 28.7. The molecular weight excluding hydrogens is 1050 g/mol. The molecule has 17 nitrogen and oxygen atoms in total. The number of anilines is 1. The van der Waals surface area contributed by atoms with Crippen LogP contribution in [0.15, 0.2) is 72.3 Å². The molecule has 4 aliphatic carbocycles. The Morgan fingerprint density at radius 1 is 0.920 bits per heavy atom. The number of phosphoric acid groups is 1. The minimum absolute atomic E-state index is 0.0000290. The third kappa shape index (κ3) is 13.3. The SMILES string of the molecule is CC(C)(C)OC(=O)CC[C@H](NC(=O)CNC(=O)CBr)C(=O)Nc1cccc(Cc2ccc([C@@H]3O[C@@H]4C[C@H]5[C@@H]6CCC7=CC(=O)C=C[C@]7(C)[C@H]6C(O)C[C@]5(C)[C@]4(C(=O)COP(=O)(OC(C)(C)C)OC(C)(C)C)O3)cc2)c1. The number of nitrogens with one attached hydrogen (secondary N) is 3. The van der Waals surface area contributed by atoms with Gasteiger partial charge < -0.3 is 35.3 Å². The number of carbonyl (C=O) groups is 6. The van der Waals surface area contributed by atoms with Crippen molar-refractivity contribution >= 4 is 64.7 Å². The van der Waals surface area contributed by atoms with Crippen LogP contribution in [0, 0.1) is 28.6 Å². The highest BCUT2D eigenvalue weighted by atomic mass is 79.9. The highest BCUT2D eigenvalue weighted by Gasteiger charge is 2.76. The minimum atomic E-state index is -4.34. The van der Waals surface area contributed by atoms with Crippen LogP contribution in [0.3, 0.4) is 0 Å². The molecule has 0 spiro atoms. The van der Waals surface area contributed by atoms with Gasteiger partial charge in [0.1, 0.15) is 18.2 Å². The molecule has 0 aromatic heterocycles. The van der Waals surface area contributed by atoms with Crippen molar-refractivity contribution in [2.24, 2.45) is 28.6 Å². The second-order valence-electron chi connectivity index (χ2n) is 24.1. The summed E-state index contributed by atoms with van der Waals surface area (Å²) in [6.45, 7) is 18.6. The van der Waals surface area contributed by atoms with Crippen LogP contribution in [0.2, 0.25) is 0 Å². The summed E-state index contributed by atoms with van der Waals surface area (Å²) in [4.78, 5) is 78.6. The van der Waals surface area contributed by atoms with Crippen molar-refractivity contribution in [2.45, 2.75) is 168 Å². The van der Waals surface area contributed by atoms with E-state index in [0.29, 0.717) is 36.9 Å². The van der Waals surface area contributed by atoms with E-state index < -0.39 is 102 Å². The molecule has 3 saturated carbocycles. The molecule has 2 aromatic carbocycles. The second kappa shape index (κ2) is 22.2. The third-order valence-corrected chi connectivity index (χ3v) is 17.4. The number of ketones is 2. The molecule has 75 heavy (non-hydrogen) atoms. The van der Waals surface area contributed by atoms with Crippen LogP contribution in [-0.4, -0.2) is 99.5 Å². The number of carbonyl (C=O) groups excluding carboxylic acids is 6. The molecule has 4 N–H and O–H groups in total. The fraction of sp³-hybridized carbons (Fsp3) is 0.607. The van der Waals surface area contributed by atoms with E-state index in [2.05, 4.69) is 38.8 Å². The zero-order valence-corrected chi connectivity index (χ0v) is 47.5. The first-order chi connectivity index (χ1) is 34.9. The maximum Gasteiger partial charge on any atom is 0.476 e. The molecule has 1 heterocycles. The molecule has 2 aromatic rings. The first-order valence-corrected chi connectivity index (χ1v) is 28.4. The summed E-state index contributed by atoms with van der Waals surface area (Å²) < 4.78 is 51.4. The number of halogens is 1. The lowest BCUT2D eigenvalue weighted by atomic mass is 9.46. The number of ether oxygens (including phenoxy) is 3. The van der Waals surface area contributed by atoms with Gasteiger partial charge in [0, 0.05) is 34.4 Å². The molecular formula is C56H75BrN3O14P. The van der Waals surface area contributed by atoms with Crippen LogP contribution in [-0.2, 0) is 67.5 Å². The topological polar surface area (TPSA) is 231 Å². The van der Waals surface area contributed by atoms with Crippen LogP contribution >= 0.6 is 23.8 Å². The van der Waals surface area contributed by atoms with Gasteiger partial charge in [-0.25, -0.2) is 4.57 Å². The summed E-state index contributed by atoms with van der Waals surface area (Å²) in [5.41, 5.74) is -1.90. The van der Waals surface area contributed by atoms with Gasteiger partial charge >= 0.3 is 13.8 Å². The van der Waals surface area contributed by atoms with Gasteiger partial charge in [0.2, 0.25) is 17.7 Å². The van der Waals surface area contributed by atoms with Crippen molar-refractivity contribution in [3.63, 3.8) is 0 Å². The van der Waals surface area contributed by atoms with Crippen LogP contribution in [0.1, 0.15) is 138 Å². The molecule has 1 saturated heterocycles. The number of allylic oxidation sites excluding steroid dienone is 4. The zero-order valence-electron chi connectivity index (χ0n) is 45.0. The Kier molecular flexibility index (Phi) is 17.2. The molecule has 0 bridgehead atoms. The van der Waals surface area contributed by atoms with E-state index in [0.717, 1.165) is 16.7 Å². The van der Waals surface area contributed by atoms with Gasteiger partial charge in [-0.3, -0.25) is 42.3 Å². The summed E-state index contributed by atoms with van der Waals surface area (Å²) in [7, 11) is -4.34. The molecule has 19 heteroatoms. The second-order valence-corrected chi connectivity index (χ2v) is 26.2. The van der Waals surface area contributed by atoms with Crippen molar-refractivity contribution < 1.29 is 66.2 Å². The fourth-order valence-electron chi connectivity index (χ4n) is 12.1. The van der Waals surface area contributed by atoms with E-state index in [1.54, 1.807) is 86.6 Å². The first kappa shape index (κ1) is 58.3. The van der Waals surface area contributed by atoms with E-state index in [9.17, 15) is 33.6 Å². The molecule has 1 aliphatic heterocycles. The number of aliphatic hydroxyl groups is 1. The molecule has 3 amide bonds. The van der Waals surface area contributed by atoms with Gasteiger partial charge in [0.15, 0.2) is 23.5 Å². The molecule has 5 aliphatic rings. The predicted octanol–water partition coefficient (Wildman–Crippen LogP) is 8.70. The highest BCUT2D eigenvalue weighted by molar-refractivity contribution is 9.09. The molecule has 7 rings (SSSR count). The van der Waals surface area contributed by atoms with E-state index in [-0.39, 0.29) is 54.7 Å². The number of hydrogen-bond acceptors (Lipinski definition) is 14. The number of benzene rings is 2. The lowest BCUT2D eigenvalue weighted by molar-refractivity contribution is -0.201. The Labute approximate surface area is 449 Å². The summed E-state index contributed by atoms with van der Waals surface area (Å²) in [5, 5.41) is 20.3. The molecule has 410 valence electrons. The zero-order chi connectivity index (χ0) is 55.1. The Balaban J connectivity index is 1.10. The summed E-state index contributed by atoms with van der Waals surface area (Å²) in [5.74, 6) is -3.04. The van der Waals surface area contributed by atoms with Gasteiger partial charge in [-0.05, 0) is 148 Å². The van der Waals surface area contributed by atoms with Crippen molar-refractivity contribution in [1.82, 2.24) is 10.6 Å². The average Bonchev–Trinajstić information content (AvgIpc) is 3.80. The molecule has 0 radical (unpaired) electrons. The molecule has 1 unspecified atom stereocenters. The number of aliphatic hydroxyl groups excluding tert-OH is 1. The van der Waals surface area contributed by atoms with Gasteiger partial charge in [0.05, 0.1) is 35.3 Å². The van der Waals surface area contributed by atoms with Crippen molar-refractivity contribution in [1.29, 1.82) is 0 Å². The number of fused-ring (bicyclic) bond motifs is 7.